The van der Waals surface area contributed by atoms with Crippen molar-refractivity contribution in [1.82, 2.24) is 10.6 Å². The van der Waals surface area contributed by atoms with Gasteiger partial charge in [0.05, 0.1) is 5.56 Å². The van der Waals surface area contributed by atoms with E-state index >= 15 is 0 Å². The van der Waals surface area contributed by atoms with Gasteiger partial charge in [0.1, 0.15) is 6.04 Å². The Labute approximate surface area is 126 Å². The number of amides is 2. The summed E-state index contributed by atoms with van der Waals surface area (Å²) < 4.78 is 0. The molecule has 1 rings (SSSR count). The van der Waals surface area contributed by atoms with Crippen LogP contribution in [0, 0.1) is 6.92 Å². The van der Waals surface area contributed by atoms with E-state index in [0.29, 0.717) is 12.1 Å². The van der Waals surface area contributed by atoms with E-state index in [1.165, 1.54) is 0 Å². The van der Waals surface area contributed by atoms with Crippen LogP contribution in [0.3, 0.4) is 0 Å². The van der Waals surface area contributed by atoms with Crippen LogP contribution >= 0.6 is 0 Å². The molecule has 0 aliphatic carbocycles. The Bertz CT molecular complexity index is 500. The molecule has 0 spiro atoms. The molecule has 0 saturated heterocycles. The van der Waals surface area contributed by atoms with Crippen LogP contribution in [0.2, 0.25) is 0 Å². The molecule has 116 valence electrons. The average Bonchev–Trinajstić information content (AvgIpc) is 2.46. The largest absolute Gasteiger partial charge is 0.384 e. The quantitative estimate of drug-likeness (QED) is 0.720. The van der Waals surface area contributed by atoms with E-state index in [-0.39, 0.29) is 11.8 Å². The summed E-state index contributed by atoms with van der Waals surface area (Å²) in [5.41, 5.74) is 2.37. The second kappa shape index (κ2) is 8.29. The predicted octanol–water partition coefficient (Wildman–Crippen LogP) is 2.07. The summed E-state index contributed by atoms with van der Waals surface area (Å²) in [6, 6.07) is 5.13. The van der Waals surface area contributed by atoms with Crippen LogP contribution in [0.5, 0.6) is 0 Å². The zero-order valence-corrected chi connectivity index (χ0v) is 13.2. The van der Waals surface area contributed by atoms with Crippen LogP contribution in [-0.2, 0) is 4.79 Å². The van der Waals surface area contributed by atoms with Gasteiger partial charge in [-0.2, -0.15) is 0 Å². The summed E-state index contributed by atoms with van der Waals surface area (Å²) in [5, 5.41) is 8.66. The maximum Gasteiger partial charge on any atom is 0.254 e. The van der Waals surface area contributed by atoms with E-state index in [4.69, 9.17) is 0 Å². The van der Waals surface area contributed by atoms with Gasteiger partial charge in [0.15, 0.2) is 0 Å². The number of carbonyl (C=O) groups excluding carboxylic acids is 2. The summed E-state index contributed by atoms with van der Waals surface area (Å²) in [5.74, 6) is -0.419. The van der Waals surface area contributed by atoms with Gasteiger partial charge >= 0.3 is 0 Å². The van der Waals surface area contributed by atoms with Gasteiger partial charge in [-0.3, -0.25) is 9.59 Å². The van der Waals surface area contributed by atoms with Crippen LogP contribution in [-0.4, -0.2) is 30.9 Å². The van der Waals surface area contributed by atoms with Gasteiger partial charge < -0.3 is 16.0 Å². The molecule has 5 nitrogen and oxygen atoms in total. The number of benzene rings is 1. The fourth-order valence-corrected chi connectivity index (χ4v) is 1.93. The lowest BCUT2D eigenvalue weighted by Crippen LogP contribution is -2.44. The second-order valence-corrected chi connectivity index (χ2v) is 5.07. The van der Waals surface area contributed by atoms with Gasteiger partial charge in [-0.25, -0.2) is 0 Å². The lowest BCUT2D eigenvalue weighted by atomic mass is 10.1. The number of carbonyl (C=O) groups is 2. The highest BCUT2D eigenvalue weighted by molar-refractivity contribution is 6.01. The van der Waals surface area contributed by atoms with Gasteiger partial charge in [-0.05, 0) is 39.3 Å². The molecule has 0 aliphatic heterocycles. The van der Waals surface area contributed by atoms with Crippen LogP contribution in [0.4, 0.5) is 5.69 Å². The molecule has 0 aliphatic rings. The SMILES string of the molecule is CCCNc1ccc(C)cc1C(=O)NC(C)C(=O)NCC. The minimum absolute atomic E-state index is 0.179. The molecule has 5 heteroatoms. The Morgan fingerprint density at radius 1 is 1.24 bits per heavy atom. The molecular weight excluding hydrogens is 266 g/mol. The molecule has 0 aromatic heterocycles. The molecule has 2 amide bonds. The molecule has 1 atom stereocenters. The minimum atomic E-state index is -0.558. The number of aryl methyl sites for hydroxylation is 1. The van der Waals surface area contributed by atoms with E-state index in [1.807, 2.05) is 32.0 Å². The highest BCUT2D eigenvalue weighted by Gasteiger charge is 2.18. The zero-order valence-electron chi connectivity index (χ0n) is 13.2. The summed E-state index contributed by atoms with van der Waals surface area (Å²) >= 11 is 0. The lowest BCUT2D eigenvalue weighted by molar-refractivity contribution is -0.122. The molecule has 0 bridgehead atoms. The molecule has 0 saturated carbocycles. The average molecular weight is 291 g/mol. The zero-order chi connectivity index (χ0) is 15.8. The monoisotopic (exact) mass is 291 g/mol. The second-order valence-electron chi connectivity index (χ2n) is 5.07. The first-order valence-electron chi connectivity index (χ1n) is 7.42. The van der Waals surface area contributed by atoms with Gasteiger partial charge in [0.2, 0.25) is 5.91 Å². The summed E-state index contributed by atoms with van der Waals surface area (Å²) in [6.07, 6.45) is 0.976. The molecule has 0 radical (unpaired) electrons. The van der Waals surface area contributed by atoms with Crippen molar-refractivity contribution in [3.8, 4) is 0 Å². The van der Waals surface area contributed by atoms with Crippen LogP contribution in [0.25, 0.3) is 0 Å². The van der Waals surface area contributed by atoms with E-state index in [9.17, 15) is 9.59 Å². The van der Waals surface area contributed by atoms with Gasteiger partial charge in [-0.15, -0.1) is 0 Å². The first-order chi connectivity index (χ1) is 9.99. The lowest BCUT2D eigenvalue weighted by Gasteiger charge is -2.16. The molecule has 0 fully saturated rings. The normalized spacial score (nSPS) is 11.6. The Hall–Kier alpha value is -2.04. The predicted molar refractivity (Wildman–Crippen MR) is 85.6 cm³/mol. The first-order valence-corrected chi connectivity index (χ1v) is 7.42. The van der Waals surface area contributed by atoms with Gasteiger partial charge in [0, 0.05) is 18.8 Å². The summed E-state index contributed by atoms with van der Waals surface area (Å²) in [7, 11) is 0. The summed E-state index contributed by atoms with van der Waals surface area (Å²) in [6.45, 7) is 8.88. The van der Waals surface area contributed by atoms with Crippen LogP contribution in [0.15, 0.2) is 18.2 Å². The fourth-order valence-electron chi connectivity index (χ4n) is 1.93. The van der Waals surface area contributed by atoms with Crippen molar-refractivity contribution < 1.29 is 9.59 Å². The standard InChI is InChI=1S/C16H25N3O2/c1-5-9-18-14-8-7-11(3)10-13(14)16(21)19-12(4)15(20)17-6-2/h7-8,10,12,18H,5-6,9H2,1-4H3,(H,17,20)(H,19,21). The number of nitrogens with one attached hydrogen (secondary N) is 3. The van der Waals surface area contributed by atoms with Crippen molar-refractivity contribution in [2.75, 3.05) is 18.4 Å². The fraction of sp³-hybridized carbons (Fsp3) is 0.500. The third kappa shape index (κ3) is 5.10. The van der Waals surface area contributed by atoms with E-state index in [1.54, 1.807) is 6.92 Å². The highest BCUT2D eigenvalue weighted by atomic mass is 16.2. The Balaban J connectivity index is 2.85. The number of rotatable bonds is 7. The molecule has 3 N–H and O–H groups in total. The Morgan fingerprint density at radius 2 is 1.95 bits per heavy atom. The maximum atomic E-state index is 12.4. The topological polar surface area (TPSA) is 70.2 Å². The number of likely N-dealkylation sites (N-methyl/N-ethyl adjacent to an activating group) is 1. The summed E-state index contributed by atoms with van der Waals surface area (Å²) in [4.78, 5) is 24.1. The maximum absolute atomic E-state index is 12.4. The van der Waals surface area contributed by atoms with E-state index in [2.05, 4.69) is 22.9 Å². The first kappa shape index (κ1) is 17.0. The van der Waals surface area contributed by atoms with Crippen molar-refractivity contribution in [1.29, 1.82) is 0 Å². The number of hydrogen-bond acceptors (Lipinski definition) is 3. The van der Waals surface area contributed by atoms with E-state index in [0.717, 1.165) is 24.2 Å². The Morgan fingerprint density at radius 3 is 2.57 bits per heavy atom. The third-order valence-corrected chi connectivity index (χ3v) is 3.08. The van der Waals surface area contributed by atoms with Crippen molar-refractivity contribution in [3.05, 3.63) is 29.3 Å². The van der Waals surface area contributed by atoms with Gasteiger partial charge in [-0.1, -0.05) is 18.6 Å². The van der Waals surface area contributed by atoms with Crippen molar-refractivity contribution in [2.45, 2.75) is 40.2 Å². The van der Waals surface area contributed by atoms with Gasteiger partial charge in [0.25, 0.3) is 5.91 Å². The molecule has 1 aromatic rings. The Kier molecular flexibility index (Phi) is 6.72. The molecule has 0 heterocycles. The molecular formula is C16H25N3O2. The molecule has 1 unspecified atom stereocenters. The smallest absolute Gasteiger partial charge is 0.254 e. The van der Waals surface area contributed by atoms with Crippen molar-refractivity contribution in [3.63, 3.8) is 0 Å². The molecule has 21 heavy (non-hydrogen) atoms. The minimum Gasteiger partial charge on any atom is -0.384 e. The number of anilines is 1. The van der Waals surface area contributed by atoms with E-state index < -0.39 is 6.04 Å². The van der Waals surface area contributed by atoms with Crippen molar-refractivity contribution in [2.24, 2.45) is 0 Å². The highest BCUT2D eigenvalue weighted by Crippen LogP contribution is 2.17. The third-order valence-electron chi connectivity index (χ3n) is 3.08. The number of hydrogen-bond donors (Lipinski definition) is 3. The van der Waals surface area contributed by atoms with Crippen LogP contribution in [0.1, 0.15) is 43.1 Å². The van der Waals surface area contributed by atoms with Crippen molar-refractivity contribution >= 4 is 17.5 Å². The molecule has 1 aromatic carbocycles. The van der Waals surface area contributed by atoms with Crippen LogP contribution < -0.4 is 16.0 Å².